The van der Waals surface area contributed by atoms with Crippen LogP contribution in [0.5, 0.6) is 5.75 Å². The first-order valence-electron chi connectivity index (χ1n) is 11.4. The summed E-state index contributed by atoms with van der Waals surface area (Å²) in [6.45, 7) is 6.90. The first-order valence-corrected chi connectivity index (χ1v) is 11.4. The van der Waals surface area contributed by atoms with Gasteiger partial charge in [-0.25, -0.2) is 13.2 Å². The van der Waals surface area contributed by atoms with E-state index in [4.69, 9.17) is 14.2 Å². The average Bonchev–Trinajstić information content (AvgIpc) is 2.84. The average molecular weight is 469 g/mol. The fourth-order valence-corrected chi connectivity index (χ4v) is 4.02. The van der Waals surface area contributed by atoms with Gasteiger partial charge in [0.15, 0.2) is 17.9 Å². The van der Waals surface area contributed by atoms with E-state index in [9.17, 15) is 13.2 Å². The highest BCUT2D eigenvalue weighted by Gasteiger charge is 2.24. The van der Waals surface area contributed by atoms with E-state index in [0.717, 1.165) is 12.8 Å². The normalized spacial score (nSPS) is 18.0. The minimum atomic E-state index is -0.648. The topological polar surface area (TPSA) is 27.7 Å². The predicted molar refractivity (Wildman–Crippen MR) is 126 cm³/mol. The van der Waals surface area contributed by atoms with E-state index in [1.807, 2.05) is 6.08 Å². The standard InChI is InChI=1S/C28H27F3O3/c1-3-5-6-18-16-33-28(34-17-18)21-8-11-23(25(30)15-21)22-10-7-19(13-24(22)29)20-9-12-27(32-4-2)26(31)14-20/h3,7-15,18,28H,1,4-6,16-17H2,2H3. The summed E-state index contributed by atoms with van der Waals surface area (Å²) >= 11 is 0. The highest BCUT2D eigenvalue weighted by molar-refractivity contribution is 5.72. The first kappa shape index (κ1) is 24.0. The Bertz CT molecular complexity index is 1150. The van der Waals surface area contributed by atoms with Crippen LogP contribution >= 0.6 is 0 Å². The van der Waals surface area contributed by atoms with E-state index in [-0.39, 0.29) is 22.8 Å². The summed E-state index contributed by atoms with van der Waals surface area (Å²) in [6, 6.07) is 13.4. The van der Waals surface area contributed by atoms with Crippen LogP contribution in [0.1, 0.15) is 31.6 Å². The van der Waals surface area contributed by atoms with Crippen molar-refractivity contribution in [3.63, 3.8) is 0 Å². The Labute approximate surface area is 197 Å². The molecular weight excluding hydrogens is 441 g/mol. The molecule has 1 saturated heterocycles. The monoisotopic (exact) mass is 468 g/mol. The molecule has 178 valence electrons. The van der Waals surface area contributed by atoms with Crippen molar-refractivity contribution < 1.29 is 27.4 Å². The summed E-state index contributed by atoms with van der Waals surface area (Å²) < 4.78 is 60.8. The Balaban J connectivity index is 1.50. The van der Waals surface area contributed by atoms with Gasteiger partial charge in [0, 0.05) is 22.6 Å². The minimum Gasteiger partial charge on any atom is -0.491 e. The fourth-order valence-electron chi connectivity index (χ4n) is 4.02. The second-order valence-electron chi connectivity index (χ2n) is 8.24. The van der Waals surface area contributed by atoms with Crippen LogP contribution in [0.3, 0.4) is 0 Å². The van der Waals surface area contributed by atoms with Crippen LogP contribution in [-0.4, -0.2) is 19.8 Å². The first-order chi connectivity index (χ1) is 16.5. The van der Waals surface area contributed by atoms with Crippen molar-refractivity contribution in [2.75, 3.05) is 19.8 Å². The van der Waals surface area contributed by atoms with Crippen molar-refractivity contribution in [3.8, 4) is 28.0 Å². The van der Waals surface area contributed by atoms with Crippen LogP contribution in [0.4, 0.5) is 13.2 Å². The van der Waals surface area contributed by atoms with Crippen LogP contribution in [0.25, 0.3) is 22.3 Å². The summed E-state index contributed by atoms with van der Waals surface area (Å²) in [7, 11) is 0. The zero-order valence-electron chi connectivity index (χ0n) is 19.0. The number of rotatable bonds is 8. The number of halogens is 3. The summed E-state index contributed by atoms with van der Waals surface area (Å²) in [5.41, 5.74) is 1.78. The molecule has 0 radical (unpaired) electrons. The Morgan fingerprint density at radius 1 is 0.882 bits per heavy atom. The van der Waals surface area contributed by atoms with E-state index in [2.05, 4.69) is 6.58 Å². The molecule has 0 spiro atoms. The van der Waals surface area contributed by atoms with Gasteiger partial charge in [0.25, 0.3) is 0 Å². The molecule has 0 saturated carbocycles. The van der Waals surface area contributed by atoms with Crippen molar-refractivity contribution in [2.24, 2.45) is 5.92 Å². The van der Waals surface area contributed by atoms with E-state index in [1.54, 1.807) is 25.1 Å². The second kappa shape index (κ2) is 10.9. The zero-order valence-corrected chi connectivity index (χ0v) is 19.0. The van der Waals surface area contributed by atoms with Crippen molar-refractivity contribution in [2.45, 2.75) is 26.1 Å². The van der Waals surface area contributed by atoms with Gasteiger partial charge in [-0.1, -0.05) is 36.4 Å². The molecule has 1 aliphatic rings. The summed E-state index contributed by atoms with van der Waals surface area (Å²) in [5, 5.41) is 0. The lowest BCUT2D eigenvalue weighted by molar-refractivity contribution is -0.205. The van der Waals surface area contributed by atoms with E-state index in [0.29, 0.717) is 36.5 Å². The molecule has 0 bridgehead atoms. The maximum atomic E-state index is 15.0. The molecule has 0 N–H and O–H groups in total. The number of hydrogen-bond acceptors (Lipinski definition) is 3. The zero-order chi connectivity index (χ0) is 24.1. The van der Waals surface area contributed by atoms with Gasteiger partial charge < -0.3 is 14.2 Å². The third-order valence-corrected chi connectivity index (χ3v) is 5.84. The molecule has 3 aromatic rings. The van der Waals surface area contributed by atoms with Gasteiger partial charge in [-0.3, -0.25) is 0 Å². The fraction of sp³-hybridized carbons (Fsp3) is 0.286. The summed E-state index contributed by atoms with van der Waals surface area (Å²) in [5.74, 6) is -1.27. The molecule has 0 unspecified atom stereocenters. The summed E-state index contributed by atoms with van der Waals surface area (Å²) in [4.78, 5) is 0. The predicted octanol–water partition coefficient (Wildman–Crippen LogP) is 7.46. The molecule has 0 atom stereocenters. The van der Waals surface area contributed by atoms with Crippen molar-refractivity contribution in [3.05, 3.63) is 90.3 Å². The lowest BCUT2D eigenvalue weighted by Gasteiger charge is -2.29. The Morgan fingerprint density at radius 2 is 1.50 bits per heavy atom. The van der Waals surface area contributed by atoms with E-state index in [1.165, 1.54) is 36.4 Å². The number of hydrogen-bond donors (Lipinski definition) is 0. The third kappa shape index (κ3) is 5.34. The molecule has 0 amide bonds. The van der Waals surface area contributed by atoms with Crippen LogP contribution in [-0.2, 0) is 9.47 Å². The number of allylic oxidation sites excluding steroid dienone is 1. The Hall–Kier alpha value is -3.09. The molecular formula is C28H27F3O3. The maximum absolute atomic E-state index is 15.0. The van der Waals surface area contributed by atoms with Gasteiger partial charge in [0.2, 0.25) is 0 Å². The number of benzene rings is 3. The van der Waals surface area contributed by atoms with Gasteiger partial charge in [-0.2, -0.15) is 0 Å². The molecule has 0 aliphatic carbocycles. The molecule has 3 aromatic carbocycles. The molecule has 4 rings (SSSR count). The van der Waals surface area contributed by atoms with Crippen LogP contribution < -0.4 is 4.74 Å². The third-order valence-electron chi connectivity index (χ3n) is 5.84. The largest absolute Gasteiger partial charge is 0.491 e. The second-order valence-corrected chi connectivity index (χ2v) is 8.24. The molecule has 3 nitrogen and oxygen atoms in total. The maximum Gasteiger partial charge on any atom is 0.183 e. The lowest BCUT2D eigenvalue weighted by atomic mass is 9.98. The Morgan fingerprint density at radius 3 is 2.09 bits per heavy atom. The summed E-state index contributed by atoms with van der Waals surface area (Å²) in [6.07, 6.45) is 3.04. The van der Waals surface area contributed by atoms with Crippen molar-refractivity contribution >= 4 is 0 Å². The molecule has 1 fully saturated rings. The molecule has 34 heavy (non-hydrogen) atoms. The minimum absolute atomic E-state index is 0.120. The van der Waals surface area contributed by atoms with Gasteiger partial charge in [0.05, 0.1) is 19.8 Å². The van der Waals surface area contributed by atoms with Gasteiger partial charge in [0.1, 0.15) is 11.6 Å². The van der Waals surface area contributed by atoms with Gasteiger partial charge in [-0.05, 0) is 55.2 Å². The van der Waals surface area contributed by atoms with Crippen molar-refractivity contribution in [1.29, 1.82) is 0 Å². The molecule has 1 aliphatic heterocycles. The highest BCUT2D eigenvalue weighted by atomic mass is 19.1. The van der Waals surface area contributed by atoms with Gasteiger partial charge >= 0.3 is 0 Å². The van der Waals surface area contributed by atoms with E-state index >= 15 is 0 Å². The van der Waals surface area contributed by atoms with Crippen LogP contribution in [0.2, 0.25) is 0 Å². The van der Waals surface area contributed by atoms with E-state index < -0.39 is 23.7 Å². The van der Waals surface area contributed by atoms with Crippen LogP contribution in [0.15, 0.2) is 67.3 Å². The quantitative estimate of drug-likeness (QED) is 0.321. The smallest absolute Gasteiger partial charge is 0.183 e. The molecule has 6 heteroatoms. The molecule has 0 aromatic heterocycles. The van der Waals surface area contributed by atoms with Crippen molar-refractivity contribution in [1.82, 2.24) is 0 Å². The molecule has 1 heterocycles. The SMILES string of the molecule is C=CCCC1COC(c2ccc(-c3ccc(-c4ccc(OCC)c(F)c4)cc3F)c(F)c2)OC1. The Kier molecular flexibility index (Phi) is 7.70. The van der Waals surface area contributed by atoms with Gasteiger partial charge in [-0.15, -0.1) is 6.58 Å². The lowest BCUT2D eigenvalue weighted by Crippen LogP contribution is -2.27. The van der Waals surface area contributed by atoms with Crippen LogP contribution in [0, 0.1) is 23.4 Å². The highest BCUT2D eigenvalue weighted by Crippen LogP contribution is 2.34. The number of ether oxygens (including phenoxy) is 3.